The molecule has 0 aromatic heterocycles. The van der Waals surface area contributed by atoms with Gasteiger partial charge >= 0.3 is 0 Å². The van der Waals surface area contributed by atoms with Crippen molar-refractivity contribution in [2.75, 3.05) is 10.2 Å². The van der Waals surface area contributed by atoms with E-state index in [4.69, 9.17) is 11.6 Å². The molecule has 0 fully saturated rings. The molecule has 150 valence electrons. The molecule has 1 N–H and O–H groups in total. The largest absolute Gasteiger partial charge is 0.350 e. The monoisotopic (exact) mass is 434 g/mol. The molecule has 1 heterocycles. The lowest BCUT2D eigenvalue weighted by Gasteiger charge is -2.15. The van der Waals surface area contributed by atoms with E-state index in [-0.39, 0.29) is 17.5 Å². The normalized spacial score (nSPS) is 13.9. The maximum atomic E-state index is 13.3. The van der Waals surface area contributed by atoms with Gasteiger partial charge in [0.1, 0.15) is 10.6 Å². The summed E-state index contributed by atoms with van der Waals surface area (Å²) in [7, 11) is 0. The maximum absolute atomic E-state index is 13.3. The molecular weight excluding hydrogens is 416 g/mol. The van der Waals surface area contributed by atoms with Gasteiger partial charge in [-0.2, -0.15) is 0 Å². The van der Waals surface area contributed by atoms with Crippen LogP contribution in [-0.2, 0) is 9.59 Å². The van der Waals surface area contributed by atoms with Crippen LogP contribution in [0, 0.1) is 13.8 Å². The van der Waals surface area contributed by atoms with E-state index in [2.05, 4.69) is 5.32 Å². The summed E-state index contributed by atoms with van der Waals surface area (Å²) in [5, 5.41) is 3.80. The van der Waals surface area contributed by atoms with Gasteiger partial charge in [0.05, 0.1) is 5.69 Å². The van der Waals surface area contributed by atoms with Gasteiger partial charge in [0.2, 0.25) is 0 Å². The summed E-state index contributed by atoms with van der Waals surface area (Å²) in [5.74, 6) is -0.724. The molecule has 0 aliphatic carbocycles. The zero-order chi connectivity index (χ0) is 21.3. The Bertz CT molecular complexity index is 1160. The van der Waals surface area contributed by atoms with Crippen molar-refractivity contribution in [3.05, 3.63) is 99.5 Å². The Labute approximate surface area is 184 Å². The SMILES string of the molecule is Cc1ccc(NC2=C(Sc3ccc(Cl)cc3)C(=O)N(c3ccccc3)C2=O)cc1C. The number of hydrogen-bond donors (Lipinski definition) is 1. The number of rotatable bonds is 5. The predicted octanol–water partition coefficient (Wildman–Crippen LogP) is 5.95. The molecule has 0 saturated heterocycles. The highest BCUT2D eigenvalue weighted by Crippen LogP contribution is 2.38. The van der Waals surface area contributed by atoms with E-state index in [1.165, 1.54) is 16.7 Å². The van der Waals surface area contributed by atoms with Crippen molar-refractivity contribution in [2.24, 2.45) is 0 Å². The average molecular weight is 435 g/mol. The van der Waals surface area contributed by atoms with Gasteiger partial charge in [-0.25, -0.2) is 4.90 Å². The van der Waals surface area contributed by atoms with Crippen molar-refractivity contribution in [3.8, 4) is 0 Å². The molecule has 0 atom stereocenters. The van der Waals surface area contributed by atoms with E-state index in [0.717, 1.165) is 21.7 Å². The fourth-order valence-corrected chi connectivity index (χ4v) is 4.16. The van der Waals surface area contributed by atoms with Crippen LogP contribution in [0.5, 0.6) is 0 Å². The second kappa shape index (κ2) is 8.38. The van der Waals surface area contributed by atoms with Crippen molar-refractivity contribution in [1.82, 2.24) is 0 Å². The zero-order valence-electron chi connectivity index (χ0n) is 16.5. The van der Waals surface area contributed by atoms with Crippen LogP contribution in [0.1, 0.15) is 11.1 Å². The number of nitrogens with zero attached hydrogens (tertiary/aromatic N) is 1. The number of carbonyl (C=O) groups excluding carboxylic acids is 2. The Morgan fingerprint density at radius 3 is 2.20 bits per heavy atom. The molecule has 0 spiro atoms. The quantitative estimate of drug-likeness (QED) is 0.504. The van der Waals surface area contributed by atoms with Crippen molar-refractivity contribution < 1.29 is 9.59 Å². The smallest absolute Gasteiger partial charge is 0.283 e. The third-order valence-electron chi connectivity index (χ3n) is 4.87. The molecule has 4 nitrogen and oxygen atoms in total. The standard InChI is InChI=1S/C24H19ClN2O2S/c1-15-8-11-18(14-16(15)2)26-21-22(30-20-12-9-17(25)10-13-20)24(29)27(23(21)28)19-6-4-3-5-7-19/h3-14,26H,1-2H3. The Balaban J connectivity index is 1.74. The lowest BCUT2D eigenvalue weighted by molar-refractivity contribution is -0.120. The molecule has 2 amide bonds. The average Bonchev–Trinajstić information content (AvgIpc) is 2.97. The Hall–Kier alpha value is -3.02. The number of carbonyl (C=O) groups is 2. The van der Waals surface area contributed by atoms with Gasteiger partial charge in [-0.05, 0) is 73.5 Å². The number of aryl methyl sites for hydroxylation is 2. The molecule has 3 aromatic carbocycles. The third kappa shape index (κ3) is 3.99. The second-order valence-corrected chi connectivity index (χ2v) is 8.49. The van der Waals surface area contributed by atoms with Crippen LogP contribution in [0.4, 0.5) is 11.4 Å². The minimum atomic E-state index is -0.374. The summed E-state index contributed by atoms with van der Waals surface area (Å²) in [5.41, 5.74) is 3.83. The Kier molecular flexibility index (Phi) is 5.66. The molecule has 3 aromatic rings. The highest BCUT2D eigenvalue weighted by atomic mass is 35.5. The number of halogens is 1. The number of amides is 2. The third-order valence-corrected chi connectivity index (χ3v) is 6.21. The van der Waals surface area contributed by atoms with Gasteiger partial charge in [-0.1, -0.05) is 47.6 Å². The van der Waals surface area contributed by atoms with Crippen LogP contribution in [-0.4, -0.2) is 11.8 Å². The van der Waals surface area contributed by atoms with Gasteiger partial charge < -0.3 is 5.32 Å². The van der Waals surface area contributed by atoms with Crippen LogP contribution >= 0.6 is 23.4 Å². The minimum absolute atomic E-state index is 0.270. The molecular formula is C24H19ClN2O2S. The summed E-state index contributed by atoms with van der Waals surface area (Å²) in [6, 6.07) is 22.0. The van der Waals surface area contributed by atoms with E-state index in [0.29, 0.717) is 15.6 Å². The number of benzene rings is 3. The van der Waals surface area contributed by atoms with Crippen molar-refractivity contribution in [1.29, 1.82) is 0 Å². The fraction of sp³-hybridized carbons (Fsp3) is 0.0833. The van der Waals surface area contributed by atoms with E-state index in [9.17, 15) is 9.59 Å². The summed E-state index contributed by atoms with van der Waals surface area (Å²) in [4.78, 5) is 28.9. The van der Waals surface area contributed by atoms with Gasteiger partial charge in [-0.15, -0.1) is 0 Å². The molecule has 0 bridgehead atoms. The fourth-order valence-electron chi connectivity index (χ4n) is 3.11. The summed E-state index contributed by atoms with van der Waals surface area (Å²) < 4.78 is 0. The Morgan fingerprint density at radius 1 is 0.833 bits per heavy atom. The van der Waals surface area contributed by atoms with Gasteiger partial charge in [-0.3, -0.25) is 9.59 Å². The first-order valence-electron chi connectivity index (χ1n) is 9.40. The predicted molar refractivity (Wildman–Crippen MR) is 123 cm³/mol. The van der Waals surface area contributed by atoms with Crippen LogP contribution in [0.2, 0.25) is 5.02 Å². The van der Waals surface area contributed by atoms with E-state index >= 15 is 0 Å². The first kappa shape index (κ1) is 20.3. The lowest BCUT2D eigenvalue weighted by Crippen LogP contribution is -2.32. The molecule has 6 heteroatoms. The zero-order valence-corrected chi connectivity index (χ0v) is 18.1. The van der Waals surface area contributed by atoms with Crippen LogP contribution in [0.15, 0.2) is 88.3 Å². The first-order chi connectivity index (χ1) is 14.4. The summed E-state index contributed by atoms with van der Waals surface area (Å²) >= 11 is 7.24. The maximum Gasteiger partial charge on any atom is 0.283 e. The molecule has 4 rings (SSSR count). The summed E-state index contributed by atoms with van der Waals surface area (Å²) in [6.07, 6.45) is 0. The van der Waals surface area contributed by atoms with E-state index < -0.39 is 0 Å². The van der Waals surface area contributed by atoms with Gasteiger partial charge in [0, 0.05) is 15.6 Å². The number of imide groups is 1. The van der Waals surface area contributed by atoms with Crippen molar-refractivity contribution >= 4 is 46.6 Å². The van der Waals surface area contributed by atoms with E-state index in [1.54, 1.807) is 36.4 Å². The second-order valence-electron chi connectivity index (χ2n) is 6.97. The van der Waals surface area contributed by atoms with Crippen LogP contribution in [0.25, 0.3) is 0 Å². The summed E-state index contributed by atoms with van der Waals surface area (Å²) in [6.45, 7) is 4.04. The van der Waals surface area contributed by atoms with Crippen molar-refractivity contribution in [3.63, 3.8) is 0 Å². The number of thioether (sulfide) groups is 1. The molecule has 0 radical (unpaired) electrons. The Morgan fingerprint density at radius 2 is 1.53 bits per heavy atom. The van der Waals surface area contributed by atoms with E-state index in [1.807, 2.05) is 50.2 Å². The number of hydrogen-bond acceptors (Lipinski definition) is 4. The first-order valence-corrected chi connectivity index (χ1v) is 10.6. The molecule has 30 heavy (non-hydrogen) atoms. The highest BCUT2D eigenvalue weighted by Gasteiger charge is 2.40. The minimum Gasteiger partial charge on any atom is -0.350 e. The van der Waals surface area contributed by atoms with Gasteiger partial charge in [0.25, 0.3) is 11.8 Å². The number of nitrogens with one attached hydrogen (secondary N) is 1. The molecule has 1 aliphatic heterocycles. The molecule has 0 saturated carbocycles. The van der Waals surface area contributed by atoms with Gasteiger partial charge in [0.15, 0.2) is 0 Å². The number of para-hydroxylation sites is 1. The lowest BCUT2D eigenvalue weighted by atomic mass is 10.1. The van der Waals surface area contributed by atoms with Crippen LogP contribution < -0.4 is 10.2 Å². The number of anilines is 2. The van der Waals surface area contributed by atoms with Crippen LogP contribution in [0.3, 0.4) is 0 Å². The molecule has 0 unspecified atom stereocenters. The molecule has 1 aliphatic rings. The topological polar surface area (TPSA) is 49.4 Å². The van der Waals surface area contributed by atoms with Crippen molar-refractivity contribution in [2.45, 2.75) is 18.7 Å². The highest BCUT2D eigenvalue weighted by molar-refractivity contribution is 8.04.